The Kier molecular flexibility index (Phi) is 7.11. The van der Waals surface area contributed by atoms with Crippen LogP contribution < -0.4 is 5.73 Å². The van der Waals surface area contributed by atoms with Crippen LogP contribution in [0, 0.1) is 0 Å². The van der Waals surface area contributed by atoms with E-state index in [1.165, 1.54) is 0 Å². The van der Waals surface area contributed by atoms with E-state index in [0.29, 0.717) is 30.8 Å². The Hall–Kier alpha value is -4.28. The highest BCUT2D eigenvalue weighted by Crippen LogP contribution is 2.38. The molecule has 4 aromatic rings. The Balaban J connectivity index is 1.35. The van der Waals surface area contributed by atoms with E-state index in [2.05, 4.69) is 23.6 Å². The van der Waals surface area contributed by atoms with E-state index < -0.39 is 0 Å². The predicted molar refractivity (Wildman–Crippen MR) is 149 cm³/mol. The maximum Gasteiger partial charge on any atom is 0.167 e. The summed E-state index contributed by atoms with van der Waals surface area (Å²) in [7, 11) is 0. The summed E-state index contributed by atoms with van der Waals surface area (Å²) >= 11 is 0. The van der Waals surface area contributed by atoms with Crippen LogP contribution in [-0.2, 0) is 13.0 Å². The van der Waals surface area contributed by atoms with Crippen LogP contribution in [0.2, 0.25) is 0 Å². The van der Waals surface area contributed by atoms with Gasteiger partial charge in [-0.3, -0.25) is 14.5 Å². The number of hydrogen-bond donors (Lipinski definition) is 1. The number of nitrogens with zero attached hydrogens (tertiary/aromatic N) is 1. The molecule has 5 rings (SSSR count). The molecule has 1 unspecified atom stereocenters. The number of carbonyl (C=O) groups excluding carboxylic acids is 2. The lowest BCUT2D eigenvalue weighted by Gasteiger charge is -2.38. The van der Waals surface area contributed by atoms with Crippen LogP contribution in [0.1, 0.15) is 55.4 Å². The number of nitrogens with two attached hydrogens (primary N) is 1. The van der Waals surface area contributed by atoms with E-state index in [1.807, 2.05) is 91.0 Å². The second-order valence-electron chi connectivity index (χ2n) is 9.60. The molecule has 0 radical (unpaired) electrons. The fourth-order valence-corrected chi connectivity index (χ4v) is 5.07. The standard InChI is InChI=1S/C33H30N2O2/c1-23-21-35(22-24-15-17-26(18-16-24)32(36)19-27-11-5-8-14-30(27)34)31(29-13-7-6-12-28(23)29)20-33(37)25-9-3-2-4-10-25/h2-18,31H,1,19-22,34H2. The first-order valence-corrected chi connectivity index (χ1v) is 12.5. The van der Waals surface area contributed by atoms with Crippen molar-refractivity contribution in [2.75, 3.05) is 12.3 Å². The summed E-state index contributed by atoms with van der Waals surface area (Å²) in [6.45, 7) is 5.65. The van der Waals surface area contributed by atoms with Crippen molar-refractivity contribution in [1.82, 2.24) is 4.90 Å². The normalized spacial score (nSPS) is 15.2. The summed E-state index contributed by atoms with van der Waals surface area (Å²) in [6.07, 6.45) is 0.668. The van der Waals surface area contributed by atoms with Gasteiger partial charge in [-0.25, -0.2) is 0 Å². The maximum absolute atomic E-state index is 13.2. The lowest BCUT2D eigenvalue weighted by molar-refractivity contribution is 0.0915. The molecule has 0 saturated carbocycles. The molecule has 184 valence electrons. The molecule has 2 N–H and O–H groups in total. The van der Waals surface area contributed by atoms with E-state index in [1.54, 1.807) is 0 Å². The van der Waals surface area contributed by atoms with Gasteiger partial charge < -0.3 is 5.73 Å². The number of nitrogen functional groups attached to an aromatic ring is 1. The Morgan fingerprint density at radius 3 is 2.19 bits per heavy atom. The van der Waals surface area contributed by atoms with Gasteiger partial charge in [0.15, 0.2) is 11.6 Å². The molecule has 1 aliphatic rings. The SMILES string of the molecule is C=C1CN(Cc2ccc(C(=O)Cc3ccccc3N)cc2)C(CC(=O)c2ccccc2)c2ccccc21. The van der Waals surface area contributed by atoms with Gasteiger partial charge in [-0.1, -0.05) is 104 Å². The molecule has 1 heterocycles. The topological polar surface area (TPSA) is 63.4 Å². The van der Waals surface area contributed by atoms with E-state index in [0.717, 1.165) is 33.4 Å². The van der Waals surface area contributed by atoms with E-state index in [4.69, 9.17) is 5.73 Å². The Morgan fingerprint density at radius 1 is 0.784 bits per heavy atom. The summed E-state index contributed by atoms with van der Waals surface area (Å²) in [4.78, 5) is 28.4. The molecule has 37 heavy (non-hydrogen) atoms. The molecule has 4 nitrogen and oxygen atoms in total. The largest absolute Gasteiger partial charge is 0.398 e. The van der Waals surface area contributed by atoms with Gasteiger partial charge >= 0.3 is 0 Å². The van der Waals surface area contributed by atoms with Crippen molar-refractivity contribution in [3.8, 4) is 0 Å². The Bertz CT molecular complexity index is 1440. The van der Waals surface area contributed by atoms with Gasteiger partial charge in [0.1, 0.15) is 0 Å². The summed E-state index contributed by atoms with van der Waals surface area (Å²) in [5.41, 5.74) is 13.3. The molecule has 1 atom stereocenters. The lowest BCUT2D eigenvalue weighted by atomic mass is 9.86. The van der Waals surface area contributed by atoms with E-state index in [-0.39, 0.29) is 24.0 Å². The first-order chi connectivity index (χ1) is 18.0. The van der Waals surface area contributed by atoms with E-state index in [9.17, 15) is 9.59 Å². The monoisotopic (exact) mass is 486 g/mol. The van der Waals surface area contributed by atoms with Crippen LogP contribution in [0.3, 0.4) is 0 Å². The van der Waals surface area contributed by atoms with Gasteiger partial charge in [-0.2, -0.15) is 0 Å². The predicted octanol–water partition coefficient (Wildman–Crippen LogP) is 6.54. The van der Waals surface area contributed by atoms with Gasteiger partial charge in [-0.15, -0.1) is 0 Å². The minimum Gasteiger partial charge on any atom is -0.398 e. The highest BCUT2D eigenvalue weighted by molar-refractivity contribution is 5.98. The number of fused-ring (bicyclic) bond motifs is 1. The summed E-state index contributed by atoms with van der Waals surface area (Å²) < 4.78 is 0. The van der Waals surface area contributed by atoms with Gasteiger partial charge in [0.05, 0.1) is 0 Å². The average Bonchev–Trinajstić information content (AvgIpc) is 2.93. The summed E-state index contributed by atoms with van der Waals surface area (Å²) in [5, 5.41) is 0. The summed E-state index contributed by atoms with van der Waals surface area (Å²) in [5.74, 6) is 0.162. The average molecular weight is 487 g/mol. The van der Waals surface area contributed by atoms with Gasteiger partial charge in [0, 0.05) is 48.8 Å². The molecular formula is C33H30N2O2. The molecule has 4 aromatic carbocycles. The molecule has 0 aromatic heterocycles. The third kappa shape index (κ3) is 5.45. The first kappa shape index (κ1) is 24.4. The van der Waals surface area contributed by atoms with Crippen LogP contribution in [0.25, 0.3) is 5.57 Å². The summed E-state index contributed by atoms with van der Waals surface area (Å²) in [6, 6.07) is 32.9. The van der Waals surface area contributed by atoms with E-state index >= 15 is 0 Å². The molecular weight excluding hydrogens is 456 g/mol. The molecule has 4 heteroatoms. The number of carbonyl (C=O) groups is 2. The molecule has 0 amide bonds. The second kappa shape index (κ2) is 10.8. The minimum atomic E-state index is -0.0585. The van der Waals surface area contributed by atoms with Crippen LogP contribution >= 0.6 is 0 Å². The molecule has 0 fully saturated rings. The minimum absolute atomic E-state index is 0.0380. The quantitative estimate of drug-likeness (QED) is 0.227. The number of Topliss-reactive ketones (excluding diaryl/α,β-unsaturated/α-hetero) is 2. The van der Waals surface area contributed by atoms with Crippen molar-refractivity contribution in [3.05, 3.63) is 143 Å². The lowest BCUT2D eigenvalue weighted by Crippen LogP contribution is -2.35. The Labute approximate surface area is 218 Å². The van der Waals surface area contributed by atoms with Gasteiger partial charge in [0.2, 0.25) is 0 Å². The zero-order valence-corrected chi connectivity index (χ0v) is 20.8. The van der Waals surface area contributed by atoms with Crippen molar-refractivity contribution in [3.63, 3.8) is 0 Å². The fraction of sp³-hybridized carbons (Fsp3) is 0.152. The van der Waals surface area contributed by atoms with Gasteiger partial charge in [-0.05, 0) is 33.9 Å². The molecule has 0 bridgehead atoms. The number of benzene rings is 4. The smallest absolute Gasteiger partial charge is 0.167 e. The van der Waals surface area contributed by atoms with Crippen LogP contribution in [0.15, 0.2) is 110 Å². The molecule has 0 saturated heterocycles. The number of anilines is 1. The van der Waals surface area contributed by atoms with Crippen molar-refractivity contribution < 1.29 is 9.59 Å². The van der Waals surface area contributed by atoms with Crippen molar-refractivity contribution >= 4 is 22.8 Å². The molecule has 1 aliphatic heterocycles. The highest BCUT2D eigenvalue weighted by Gasteiger charge is 2.31. The van der Waals surface area contributed by atoms with Crippen LogP contribution in [0.4, 0.5) is 5.69 Å². The number of para-hydroxylation sites is 1. The number of hydrogen-bond acceptors (Lipinski definition) is 4. The number of rotatable bonds is 8. The second-order valence-corrected chi connectivity index (χ2v) is 9.60. The first-order valence-electron chi connectivity index (χ1n) is 12.5. The van der Waals surface area contributed by atoms with Crippen LogP contribution in [-0.4, -0.2) is 23.0 Å². The van der Waals surface area contributed by atoms with Crippen molar-refractivity contribution in [1.29, 1.82) is 0 Å². The van der Waals surface area contributed by atoms with Gasteiger partial charge in [0.25, 0.3) is 0 Å². The Morgan fingerprint density at radius 2 is 1.43 bits per heavy atom. The fourth-order valence-electron chi connectivity index (χ4n) is 5.07. The highest BCUT2D eigenvalue weighted by atomic mass is 16.1. The number of ketones is 2. The van der Waals surface area contributed by atoms with Crippen molar-refractivity contribution in [2.45, 2.75) is 25.4 Å². The maximum atomic E-state index is 13.2. The third-order valence-electron chi connectivity index (χ3n) is 7.08. The third-order valence-corrected chi connectivity index (χ3v) is 7.08. The molecule has 0 aliphatic carbocycles. The zero-order valence-electron chi connectivity index (χ0n) is 20.8. The van der Waals surface area contributed by atoms with Crippen molar-refractivity contribution in [2.24, 2.45) is 0 Å². The van der Waals surface area contributed by atoms with Crippen LogP contribution in [0.5, 0.6) is 0 Å². The zero-order chi connectivity index (χ0) is 25.8. The molecule has 0 spiro atoms.